The van der Waals surface area contributed by atoms with Crippen LogP contribution in [0.15, 0.2) is 24.3 Å². The van der Waals surface area contributed by atoms with E-state index in [-0.39, 0.29) is 5.91 Å². The Hall–Kier alpha value is -1.03. The summed E-state index contributed by atoms with van der Waals surface area (Å²) in [5.74, 6) is 1.21. The highest BCUT2D eigenvalue weighted by molar-refractivity contribution is 9.09. The molecule has 104 valence electrons. The molecule has 0 aromatic heterocycles. The van der Waals surface area contributed by atoms with Crippen molar-refractivity contribution < 1.29 is 9.53 Å². The van der Waals surface area contributed by atoms with Crippen molar-refractivity contribution in [1.82, 2.24) is 5.32 Å². The van der Waals surface area contributed by atoms with E-state index in [1.807, 2.05) is 31.2 Å². The van der Waals surface area contributed by atoms with Gasteiger partial charge in [0.1, 0.15) is 5.75 Å². The summed E-state index contributed by atoms with van der Waals surface area (Å²) in [6.07, 6.45) is 3.53. The third-order valence-corrected chi connectivity index (χ3v) is 4.29. The summed E-state index contributed by atoms with van der Waals surface area (Å²) in [5.41, 5.74) is 0.623. The second kappa shape index (κ2) is 6.94. The van der Waals surface area contributed by atoms with Crippen LogP contribution in [-0.2, 0) is 0 Å². The maximum atomic E-state index is 12.2. The van der Waals surface area contributed by atoms with Crippen molar-refractivity contribution in [2.24, 2.45) is 5.92 Å². The normalized spacial score (nSPS) is 22.2. The van der Waals surface area contributed by atoms with Crippen molar-refractivity contribution in [3.8, 4) is 5.75 Å². The summed E-state index contributed by atoms with van der Waals surface area (Å²) < 4.78 is 5.48. The van der Waals surface area contributed by atoms with Crippen LogP contribution < -0.4 is 10.1 Å². The minimum Gasteiger partial charge on any atom is -0.493 e. The number of carbonyl (C=O) groups excluding carboxylic acids is 1. The zero-order chi connectivity index (χ0) is 13.7. The van der Waals surface area contributed by atoms with Gasteiger partial charge in [-0.15, -0.1) is 0 Å². The molecule has 1 N–H and O–H groups in total. The molecule has 0 spiro atoms. The molecule has 0 saturated heterocycles. The molecule has 1 saturated carbocycles. The zero-order valence-corrected chi connectivity index (χ0v) is 12.8. The van der Waals surface area contributed by atoms with E-state index in [0.717, 1.165) is 13.0 Å². The van der Waals surface area contributed by atoms with Gasteiger partial charge in [0.05, 0.1) is 12.2 Å². The van der Waals surface area contributed by atoms with E-state index >= 15 is 0 Å². The second-order valence-corrected chi connectivity index (χ2v) is 6.21. The van der Waals surface area contributed by atoms with Crippen LogP contribution in [0.3, 0.4) is 0 Å². The first-order valence-electron chi connectivity index (χ1n) is 6.84. The molecule has 2 atom stereocenters. The van der Waals surface area contributed by atoms with E-state index < -0.39 is 0 Å². The number of carbonyl (C=O) groups is 1. The van der Waals surface area contributed by atoms with Gasteiger partial charge in [-0.25, -0.2) is 0 Å². The number of nitrogens with one attached hydrogen (secondary N) is 1. The summed E-state index contributed by atoms with van der Waals surface area (Å²) in [5, 5.41) is 3.02. The van der Waals surface area contributed by atoms with Crippen LogP contribution in [0.2, 0.25) is 0 Å². The number of benzene rings is 1. The molecule has 1 aromatic rings. The number of para-hydroxylation sites is 1. The number of amides is 1. The fraction of sp³-hybridized carbons (Fsp3) is 0.533. The van der Waals surface area contributed by atoms with Gasteiger partial charge < -0.3 is 10.1 Å². The molecule has 1 aromatic carbocycles. The zero-order valence-electron chi connectivity index (χ0n) is 11.2. The van der Waals surface area contributed by atoms with Crippen LogP contribution in [0.1, 0.15) is 36.5 Å². The summed E-state index contributed by atoms with van der Waals surface area (Å²) >= 11 is 3.63. The maximum absolute atomic E-state index is 12.2. The molecule has 0 radical (unpaired) electrons. The molecule has 1 aliphatic rings. The van der Waals surface area contributed by atoms with Gasteiger partial charge in [0.15, 0.2) is 0 Å². The lowest BCUT2D eigenvalue weighted by Gasteiger charge is -2.13. The van der Waals surface area contributed by atoms with E-state index in [4.69, 9.17) is 4.74 Å². The Balaban J connectivity index is 1.92. The van der Waals surface area contributed by atoms with Crippen molar-refractivity contribution in [2.75, 3.05) is 13.2 Å². The lowest BCUT2D eigenvalue weighted by Crippen LogP contribution is -2.28. The summed E-state index contributed by atoms with van der Waals surface area (Å²) in [6.45, 7) is 3.24. The van der Waals surface area contributed by atoms with Gasteiger partial charge in [0.2, 0.25) is 0 Å². The van der Waals surface area contributed by atoms with Crippen molar-refractivity contribution in [3.63, 3.8) is 0 Å². The molecule has 3 nitrogen and oxygen atoms in total. The largest absolute Gasteiger partial charge is 0.493 e. The Morgan fingerprint density at radius 3 is 2.89 bits per heavy atom. The number of halogens is 1. The third kappa shape index (κ3) is 3.96. The van der Waals surface area contributed by atoms with E-state index in [0.29, 0.717) is 28.7 Å². The van der Waals surface area contributed by atoms with E-state index in [1.165, 1.54) is 12.8 Å². The lowest BCUT2D eigenvalue weighted by atomic mass is 10.1. The number of rotatable bonds is 5. The van der Waals surface area contributed by atoms with Gasteiger partial charge in [0.25, 0.3) is 5.91 Å². The summed E-state index contributed by atoms with van der Waals surface area (Å²) in [4.78, 5) is 12.8. The van der Waals surface area contributed by atoms with Crippen molar-refractivity contribution in [1.29, 1.82) is 0 Å². The Morgan fingerprint density at radius 2 is 2.21 bits per heavy atom. The number of hydrogen-bond donors (Lipinski definition) is 1. The van der Waals surface area contributed by atoms with Gasteiger partial charge in [-0.2, -0.15) is 0 Å². The summed E-state index contributed by atoms with van der Waals surface area (Å²) in [6, 6.07) is 7.39. The highest BCUT2D eigenvalue weighted by Crippen LogP contribution is 2.30. The summed E-state index contributed by atoms with van der Waals surface area (Å²) in [7, 11) is 0. The van der Waals surface area contributed by atoms with E-state index in [1.54, 1.807) is 0 Å². The van der Waals surface area contributed by atoms with Gasteiger partial charge in [-0.1, -0.05) is 28.1 Å². The molecular weight excluding hydrogens is 306 g/mol. The topological polar surface area (TPSA) is 38.3 Å². The monoisotopic (exact) mass is 325 g/mol. The molecule has 19 heavy (non-hydrogen) atoms. The third-order valence-electron chi connectivity index (χ3n) is 3.46. The van der Waals surface area contributed by atoms with Crippen LogP contribution in [0.25, 0.3) is 0 Å². The van der Waals surface area contributed by atoms with Crippen LogP contribution >= 0.6 is 15.9 Å². The molecule has 1 fully saturated rings. The van der Waals surface area contributed by atoms with Gasteiger partial charge in [0, 0.05) is 11.4 Å². The first-order chi connectivity index (χ1) is 9.20. The number of ether oxygens (including phenoxy) is 1. The molecule has 2 rings (SSSR count). The Labute approximate surface area is 122 Å². The lowest BCUT2D eigenvalue weighted by molar-refractivity contribution is 0.0943. The van der Waals surface area contributed by atoms with Crippen molar-refractivity contribution in [3.05, 3.63) is 29.8 Å². The molecule has 1 aliphatic carbocycles. The highest BCUT2D eigenvalue weighted by Gasteiger charge is 2.23. The van der Waals surface area contributed by atoms with Crippen LogP contribution in [-0.4, -0.2) is 23.9 Å². The highest BCUT2D eigenvalue weighted by atomic mass is 79.9. The molecule has 0 heterocycles. The molecule has 0 aliphatic heterocycles. The molecule has 0 bridgehead atoms. The smallest absolute Gasteiger partial charge is 0.255 e. The average Bonchev–Trinajstić information content (AvgIpc) is 2.83. The van der Waals surface area contributed by atoms with Gasteiger partial charge in [-0.05, 0) is 44.2 Å². The molecule has 2 unspecified atom stereocenters. The van der Waals surface area contributed by atoms with Crippen molar-refractivity contribution >= 4 is 21.8 Å². The fourth-order valence-electron chi connectivity index (χ4n) is 2.47. The first kappa shape index (κ1) is 14.4. The molecular formula is C15H20BrNO2. The quantitative estimate of drug-likeness (QED) is 0.843. The molecule has 1 amide bonds. The second-order valence-electron chi connectivity index (χ2n) is 4.92. The fourth-order valence-corrected chi connectivity index (χ4v) is 3.26. The maximum Gasteiger partial charge on any atom is 0.255 e. The number of alkyl halides is 1. The Kier molecular flexibility index (Phi) is 5.25. The SMILES string of the molecule is CCOc1ccccc1C(=O)NCC1CCC(Br)C1. The van der Waals surface area contributed by atoms with Crippen LogP contribution in [0.4, 0.5) is 0 Å². The van der Waals surface area contributed by atoms with Gasteiger partial charge >= 0.3 is 0 Å². The van der Waals surface area contributed by atoms with E-state index in [2.05, 4.69) is 21.2 Å². The average molecular weight is 326 g/mol. The van der Waals surface area contributed by atoms with E-state index in [9.17, 15) is 4.79 Å². The minimum atomic E-state index is -0.0397. The van der Waals surface area contributed by atoms with Crippen LogP contribution in [0, 0.1) is 5.92 Å². The Bertz CT molecular complexity index is 436. The predicted molar refractivity (Wildman–Crippen MR) is 80.0 cm³/mol. The first-order valence-corrected chi connectivity index (χ1v) is 7.76. The molecule has 4 heteroatoms. The van der Waals surface area contributed by atoms with Gasteiger partial charge in [-0.3, -0.25) is 4.79 Å². The van der Waals surface area contributed by atoms with Crippen LogP contribution in [0.5, 0.6) is 5.75 Å². The Morgan fingerprint density at radius 1 is 1.42 bits per heavy atom. The number of hydrogen-bond acceptors (Lipinski definition) is 2. The predicted octanol–water partition coefficient (Wildman–Crippen LogP) is 3.38. The van der Waals surface area contributed by atoms with Crippen molar-refractivity contribution in [2.45, 2.75) is 31.0 Å². The minimum absolute atomic E-state index is 0.0397. The standard InChI is InChI=1S/C15H20BrNO2/c1-2-19-14-6-4-3-5-13(14)15(18)17-10-11-7-8-12(16)9-11/h3-6,11-12H,2,7-10H2,1H3,(H,17,18).